The standard InChI is InChI=1S/C14H23N3OS2/c1-3-10-11(20-9-8-19-10)12-16-13(18-17-12)14(2)6-4-5-7-15-14/h10-11,15H,3-9H2,1-2H3. The van der Waals surface area contributed by atoms with Gasteiger partial charge >= 0.3 is 0 Å². The van der Waals surface area contributed by atoms with Crippen LogP contribution in [-0.4, -0.2) is 33.4 Å². The molecule has 112 valence electrons. The van der Waals surface area contributed by atoms with Crippen LogP contribution in [0.25, 0.3) is 0 Å². The third kappa shape index (κ3) is 2.88. The molecule has 6 heteroatoms. The van der Waals surface area contributed by atoms with E-state index in [9.17, 15) is 0 Å². The lowest BCUT2D eigenvalue weighted by Gasteiger charge is -2.31. The van der Waals surface area contributed by atoms with E-state index in [4.69, 9.17) is 9.51 Å². The third-order valence-electron chi connectivity index (χ3n) is 4.24. The van der Waals surface area contributed by atoms with E-state index in [-0.39, 0.29) is 5.54 Å². The van der Waals surface area contributed by atoms with Crippen molar-refractivity contribution < 1.29 is 4.52 Å². The molecular weight excluding hydrogens is 290 g/mol. The molecule has 2 saturated heterocycles. The molecule has 1 N–H and O–H groups in total. The Labute approximate surface area is 129 Å². The van der Waals surface area contributed by atoms with Crippen LogP contribution in [0, 0.1) is 0 Å². The summed E-state index contributed by atoms with van der Waals surface area (Å²) in [7, 11) is 0. The van der Waals surface area contributed by atoms with Crippen molar-refractivity contribution in [2.24, 2.45) is 0 Å². The number of hydrogen-bond acceptors (Lipinski definition) is 6. The number of piperidine rings is 1. The normalized spacial score (nSPS) is 35.1. The predicted octanol–water partition coefficient (Wildman–Crippen LogP) is 3.36. The van der Waals surface area contributed by atoms with Crippen LogP contribution >= 0.6 is 23.5 Å². The van der Waals surface area contributed by atoms with E-state index in [1.165, 1.54) is 30.8 Å². The second-order valence-corrected chi connectivity index (χ2v) is 8.38. The van der Waals surface area contributed by atoms with E-state index in [0.29, 0.717) is 10.5 Å². The summed E-state index contributed by atoms with van der Waals surface area (Å²) in [5.74, 6) is 4.10. The Morgan fingerprint density at radius 3 is 2.95 bits per heavy atom. The lowest BCUT2D eigenvalue weighted by molar-refractivity contribution is 0.206. The van der Waals surface area contributed by atoms with Gasteiger partial charge in [-0.05, 0) is 39.2 Å². The van der Waals surface area contributed by atoms with Crippen molar-refractivity contribution in [1.82, 2.24) is 15.5 Å². The Morgan fingerprint density at radius 1 is 1.35 bits per heavy atom. The lowest BCUT2D eigenvalue weighted by Crippen LogP contribution is -2.43. The summed E-state index contributed by atoms with van der Waals surface area (Å²) >= 11 is 4.03. The van der Waals surface area contributed by atoms with Crippen LogP contribution in [0.2, 0.25) is 0 Å². The van der Waals surface area contributed by atoms with Gasteiger partial charge in [0.05, 0.1) is 10.8 Å². The molecule has 0 spiro atoms. The first kappa shape index (κ1) is 14.7. The molecule has 3 atom stereocenters. The molecule has 0 aliphatic carbocycles. The fraction of sp³-hybridized carbons (Fsp3) is 0.857. The highest BCUT2D eigenvalue weighted by Crippen LogP contribution is 2.43. The molecule has 2 aliphatic heterocycles. The molecule has 1 aromatic heterocycles. The summed E-state index contributed by atoms with van der Waals surface area (Å²) in [6.45, 7) is 5.48. The number of nitrogens with zero attached hydrogens (tertiary/aromatic N) is 2. The summed E-state index contributed by atoms with van der Waals surface area (Å²) in [6.07, 6.45) is 4.72. The van der Waals surface area contributed by atoms with Gasteiger partial charge < -0.3 is 9.84 Å². The molecule has 0 amide bonds. The van der Waals surface area contributed by atoms with E-state index >= 15 is 0 Å². The molecular formula is C14H23N3OS2. The summed E-state index contributed by atoms with van der Waals surface area (Å²) in [6, 6.07) is 0. The maximum Gasteiger partial charge on any atom is 0.246 e. The predicted molar refractivity (Wildman–Crippen MR) is 85.2 cm³/mol. The Kier molecular flexibility index (Phi) is 4.62. The number of aromatic nitrogens is 2. The topological polar surface area (TPSA) is 51.0 Å². The van der Waals surface area contributed by atoms with Crippen molar-refractivity contribution in [1.29, 1.82) is 0 Å². The van der Waals surface area contributed by atoms with E-state index in [2.05, 4.69) is 36.1 Å². The molecule has 4 nitrogen and oxygen atoms in total. The van der Waals surface area contributed by atoms with Gasteiger partial charge in [-0.1, -0.05) is 12.1 Å². The van der Waals surface area contributed by atoms with Gasteiger partial charge in [0.25, 0.3) is 0 Å². The van der Waals surface area contributed by atoms with E-state index < -0.39 is 0 Å². The van der Waals surface area contributed by atoms with Gasteiger partial charge in [0.15, 0.2) is 5.82 Å². The minimum Gasteiger partial charge on any atom is -0.337 e. The van der Waals surface area contributed by atoms with Gasteiger partial charge in [-0.15, -0.1) is 11.8 Å². The largest absolute Gasteiger partial charge is 0.337 e. The summed E-state index contributed by atoms with van der Waals surface area (Å²) in [4.78, 5) is 4.75. The van der Waals surface area contributed by atoms with Crippen LogP contribution in [0.4, 0.5) is 0 Å². The van der Waals surface area contributed by atoms with Crippen molar-refractivity contribution in [3.05, 3.63) is 11.7 Å². The Bertz CT molecular complexity index is 445. The maximum absolute atomic E-state index is 5.61. The smallest absolute Gasteiger partial charge is 0.246 e. The van der Waals surface area contributed by atoms with Crippen molar-refractivity contribution in [3.63, 3.8) is 0 Å². The molecule has 20 heavy (non-hydrogen) atoms. The van der Waals surface area contributed by atoms with Crippen LogP contribution in [0.15, 0.2) is 4.52 Å². The highest BCUT2D eigenvalue weighted by Gasteiger charge is 2.36. The molecule has 0 bridgehead atoms. The minimum absolute atomic E-state index is 0.127. The lowest BCUT2D eigenvalue weighted by atomic mass is 9.91. The van der Waals surface area contributed by atoms with E-state index in [1.54, 1.807) is 0 Å². The quantitative estimate of drug-likeness (QED) is 0.923. The molecule has 1 aromatic rings. The van der Waals surface area contributed by atoms with Gasteiger partial charge in [-0.2, -0.15) is 16.7 Å². The van der Waals surface area contributed by atoms with Crippen molar-refractivity contribution in [2.75, 3.05) is 18.1 Å². The van der Waals surface area contributed by atoms with Crippen LogP contribution in [0.1, 0.15) is 56.5 Å². The summed E-state index contributed by atoms with van der Waals surface area (Å²) in [5, 5.41) is 8.85. The van der Waals surface area contributed by atoms with E-state index in [0.717, 1.165) is 24.7 Å². The average Bonchev–Trinajstić information content (AvgIpc) is 2.98. The second-order valence-electron chi connectivity index (χ2n) is 5.78. The van der Waals surface area contributed by atoms with Gasteiger partial charge in [0, 0.05) is 16.8 Å². The fourth-order valence-corrected chi connectivity index (χ4v) is 5.94. The summed E-state index contributed by atoms with van der Waals surface area (Å²) < 4.78 is 5.61. The van der Waals surface area contributed by atoms with Gasteiger partial charge in [0.1, 0.15) is 0 Å². The van der Waals surface area contributed by atoms with Gasteiger partial charge in [-0.3, -0.25) is 0 Å². The van der Waals surface area contributed by atoms with Gasteiger partial charge in [-0.25, -0.2) is 0 Å². The molecule has 0 saturated carbocycles. The van der Waals surface area contributed by atoms with Crippen molar-refractivity contribution >= 4 is 23.5 Å². The van der Waals surface area contributed by atoms with Crippen molar-refractivity contribution in [3.8, 4) is 0 Å². The monoisotopic (exact) mass is 313 g/mol. The maximum atomic E-state index is 5.61. The van der Waals surface area contributed by atoms with Crippen molar-refractivity contribution in [2.45, 2.75) is 55.6 Å². The number of thioether (sulfide) groups is 2. The first-order valence-electron chi connectivity index (χ1n) is 7.55. The molecule has 3 unspecified atom stereocenters. The molecule has 0 radical (unpaired) electrons. The van der Waals surface area contributed by atoms with Crippen LogP contribution in [0.5, 0.6) is 0 Å². The minimum atomic E-state index is -0.127. The van der Waals surface area contributed by atoms with Gasteiger partial charge in [0.2, 0.25) is 5.89 Å². The third-order valence-corrected chi connectivity index (χ3v) is 7.48. The Hall–Kier alpha value is -0.200. The highest BCUT2D eigenvalue weighted by atomic mass is 32.2. The van der Waals surface area contributed by atoms with E-state index in [1.807, 2.05) is 11.8 Å². The molecule has 2 fully saturated rings. The number of rotatable bonds is 3. The zero-order valence-corrected chi connectivity index (χ0v) is 13.9. The Balaban J connectivity index is 1.78. The first-order valence-corrected chi connectivity index (χ1v) is 9.65. The zero-order valence-electron chi connectivity index (χ0n) is 12.2. The SMILES string of the molecule is CCC1SCCSC1c1noc(C2(C)CCCCN2)n1. The molecule has 3 heterocycles. The molecule has 3 rings (SSSR count). The Morgan fingerprint density at radius 2 is 2.20 bits per heavy atom. The van der Waals surface area contributed by atoms with Crippen LogP contribution in [0.3, 0.4) is 0 Å². The second kappa shape index (κ2) is 6.28. The summed E-state index contributed by atoms with van der Waals surface area (Å²) in [5.41, 5.74) is -0.127. The number of nitrogens with one attached hydrogen (secondary N) is 1. The first-order chi connectivity index (χ1) is 9.73. The molecule has 0 aromatic carbocycles. The fourth-order valence-electron chi connectivity index (χ4n) is 2.96. The van der Waals surface area contributed by atoms with Crippen LogP contribution in [-0.2, 0) is 5.54 Å². The molecule has 2 aliphatic rings. The van der Waals surface area contributed by atoms with Crippen LogP contribution < -0.4 is 5.32 Å². The number of hydrogen-bond donors (Lipinski definition) is 1. The zero-order chi connectivity index (χ0) is 14.0. The highest BCUT2D eigenvalue weighted by molar-refractivity contribution is 8.06. The average molecular weight is 313 g/mol.